The summed E-state index contributed by atoms with van der Waals surface area (Å²) in [4.78, 5) is 0. The highest BCUT2D eigenvalue weighted by Gasteiger charge is 2.24. The van der Waals surface area contributed by atoms with E-state index in [1.165, 1.54) is 23.0 Å². The Bertz CT molecular complexity index is 307. The Morgan fingerprint density at radius 2 is 2.53 bits per heavy atom. The number of rotatable bonds is 3. The van der Waals surface area contributed by atoms with Crippen LogP contribution in [0.3, 0.4) is 0 Å². The summed E-state index contributed by atoms with van der Waals surface area (Å²) in [6.45, 7) is 3.01. The Morgan fingerprint density at radius 3 is 3.20 bits per heavy atom. The molecule has 2 N–H and O–H groups in total. The van der Waals surface area contributed by atoms with Crippen LogP contribution < -0.4 is 5.73 Å². The first-order valence-corrected chi connectivity index (χ1v) is 7.50. The summed E-state index contributed by atoms with van der Waals surface area (Å²) in [5.41, 5.74) is 7.47. The fourth-order valence-electron chi connectivity index (χ4n) is 1.79. The van der Waals surface area contributed by atoms with Gasteiger partial charge in [-0.2, -0.15) is 28.6 Å². The van der Waals surface area contributed by atoms with Gasteiger partial charge in [-0.05, 0) is 13.0 Å². The first-order valence-electron chi connectivity index (χ1n) is 5.29. The maximum Gasteiger partial charge on any atom is 0.0595 e. The van der Waals surface area contributed by atoms with E-state index in [2.05, 4.69) is 12.0 Å². The van der Waals surface area contributed by atoms with E-state index in [0.717, 1.165) is 6.54 Å². The molecule has 0 bridgehead atoms. The number of nitrogens with two attached hydrogens (primary N) is 1. The summed E-state index contributed by atoms with van der Waals surface area (Å²) < 4.78 is 2.00. The molecule has 5 heteroatoms. The average Bonchev–Trinajstić information content (AvgIpc) is 2.77. The number of hydrogen-bond acceptors (Lipinski definition) is 4. The van der Waals surface area contributed by atoms with Gasteiger partial charge < -0.3 is 5.73 Å². The zero-order chi connectivity index (χ0) is 10.7. The molecule has 0 spiro atoms. The van der Waals surface area contributed by atoms with Crippen LogP contribution in [0, 0.1) is 0 Å². The molecule has 1 aromatic heterocycles. The van der Waals surface area contributed by atoms with Gasteiger partial charge in [-0.1, -0.05) is 0 Å². The van der Waals surface area contributed by atoms with Gasteiger partial charge in [-0.15, -0.1) is 0 Å². The molecule has 0 radical (unpaired) electrons. The molecule has 0 aromatic carbocycles. The Hall–Kier alpha value is -0.130. The fourth-order valence-corrected chi connectivity index (χ4v) is 4.58. The standard InChI is InChI=1S/C10H17N3S2/c1-2-13-8(3-4-12-13)10(11)9-7-14-5-6-15-9/h3-4,9-10H,2,5-7,11H2,1H3. The van der Waals surface area contributed by atoms with Crippen molar-refractivity contribution in [3.05, 3.63) is 18.0 Å². The summed E-state index contributed by atoms with van der Waals surface area (Å²) in [7, 11) is 0. The van der Waals surface area contributed by atoms with Crippen LogP contribution in [0.1, 0.15) is 18.7 Å². The van der Waals surface area contributed by atoms with E-state index in [1.807, 2.05) is 40.5 Å². The Balaban J connectivity index is 2.08. The molecule has 0 saturated carbocycles. The van der Waals surface area contributed by atoms with Crippen molar-refractivity contribution < 1.29 is 0 Å². The normalized spacial score (nSPS) is 24.0. The summed E-state index contributed by atoms with van der Waals surface area (Å²) in [6, 6.07) is 2.18. The van der Waals surface area contributed by atoms with E-state index in [4.69, 9.17) is 5.73 Å². The molecular weight excluding hydrogens is 226 g/mol. The SMILES string of the molecule is CCn1nccc1C(N)C1CSCCS1. The Kier molecular flexibility index (Phi) is 3.99. The van der Waals surface area contributed by atoms with Crippen molar-refractivity contribution in [2.24, 2.45) is 5.73 Å². The fraction of sp³-hybridized carbons (Fsp3) is 0.700. The van der Waals surface area contributed by atoms with E-state index in [0.29, 0.717) is 5.25 Å². The number of thioether (sulfide) groups is 2. The summed E-state index contributed by atoms with van der Waals surface area (Å²) in [5.74, 6) is 3.66. The van der Waals surface area contributed by atoms with Crippen LogP contribution in [0.2, 0.25) is 0 Å². The largest absolute Gasteiger partial charge is 0.322 e. The predicted octanol–water partition coefficient (Wildman–Crippen LogP) is 1.75. The molecule has 2 unspecified atom stereocenters. The first-order chi connectivity index (χ1) is 7.33. The van der Waals surface area contributed by atoms with Crippen LogP contribution in [0.25, 0.3) is 0 Å². The molecule has 1 saturated heterocycles. The second kappa shape index (κ2) is 5.27. The predicted molar refractivity (Wildman–Crippen MR) is 68.4 cm³/mol. The monoisotopic (exact) mass is 243 g/mol. The second-order valence-corrected chi connectivity index (χ2v) is 6.08. The molecule has 1 aliphatic heterocycles. The van der Waals surface area contributed by atoms with Crippen molar-refractivity contribution in [3.8, 4) is 0 Å². The van der Waals surface area contributed by atoms with E-state index >= 15 is 0 Å². The molecular formula is C10H17N3S2. The highest BCUT2D eigenvalue weighted by molar-refractivity contribution is 8.06. The molecule has 2 rings (SSSR count). The maximum atomic E-state index is 6.30. The lowest BCUT2D eigenvalue weighted by molar-refractivity contribution is 0.569. The number of aromatic nitrogens is 2. The highest BCUT2D eigenvalue weighted by Crippen LogP contribution is 2.31. The van der Waals surface area contributed by atoms with E-state index in [9.17, 15) is 0 Å². The van der Waals surface area contributed by atoms with Crippen LogP contribution in [-0.2, 0) is 6.54 Å². The second-order valence-electron chi connectivity index (χ2n) is 3.58. The molecule has 84 valence electrons. The number of aryl methyl sites for hydroxylation is 1. The third-order valence-electron chi connectivity index (χ3n) is 2.63. The van der Waals surface area contributed by atoms with Gasteiger partial charge in [-0.3, -0.25) is 4.68 Å². The first kappa shape index (κ1) is 11.4. The molecule has 2 atom stereocenters. The maximum absolute atomic E-state index is 6.30. The number of hydrogen-bond donors (Lipinski definition) is 1. The minimum Gasteiger partial charge on any atom is -0.322 e. The highest BCUT2D eigenvalue weighted by atomic mass is 32.2. The third kappa shape index (κ3) is 2.52. The van der Waals surface area contributed by atoms with Crippen molar-refractivity contribution in [2.75, 3.05) is 17.3 Å². The van der Waals surface area contributed by atoms with Gasteiger partial charge in [0.2, 0.25) is 0 Å². The van der Waals surface area contributed by atoms with Crippen molar-refractivity contribution in [3.63, 3.8) is 0 Å². The minimum atomic E-state index is 0.130. The van der Waals surface area contributed by atoms with Crippen LogP contribution in [0.5, 0.6) is 0 Å². The van der Waals surface area contributed by atoms with Crippen LogP contribution in [-0.4, -0.2) is 32.3 Å². The van der Waals surface area contributed by atoms with Crippen molar-refractivity contribution >= 4 is 23.5 Å². The van der Waals surface area contributed by atoms with E-state index < -0.39 is 0 Å². The number of nitrogens with zero attached hydrogens (tertiary/aromatic N) is 2. The van der Waals surface area contributed by atoms with Gasteiger partial charge in [0.15, 0.2) is 0 Å². The Labute approximate surface area is 99.2 Å². The Morgan fingerprint density at radius 1 is 1.67 bits per heavy atom. The van der Waals surface area contributed by atoms with Gasteiger partial charge in [0, 0.05) is 35.3 Å². The third-order valence-corrected chi connectivity index (χ3v) is 5.52. The topological polar surface area (TPSA) is 43.8 Å². The van der Waals surface area contributed by atoms with Crippen molar-refractivity contribution in [1.82, 2.24) is 9.78 Å². The molecule has 1 aromatic rings. The quantitative estimate of drug-likeness (QED) is 0.878. The lowest BCUT2D eigenvalue weighted by Crippen LogP contribution is -2.30. The molecule has 1 aliphatic rings. The van der Waals surface area contributed by atoms with Gasteiger partial charge in [0.1, 0.15) is 0 Å². The smallest absolute Gasteiger partial charge is 0.0595 e. The minimum absolute atomic E-state index is 0.130. The van der Waals surface area contributed by atoms with Gasteiger partial charge >= 0.3 is 0 Å². The molecule has 15 heavy (non-hydrogen) atoms. The van der Waals surface area contributed by atoms with Gasteiger partial charge in [0.25, 0.3) is 0 Å². The average molecular weight is 243 g/mol. The van der Waals surface area contributed by atoms with Crippen molar-refractivity contribution in [2.45, 2.75) is 24.8 Å². The van der Waals surface area contributed by atoms with E-state index in [-0.39, 0.29) is 6.04 Å². The van der Waals surface area contributed by atoms with Crippen LogP contribution in [0.15, 0.2) is 12.3 Å². The molecule has 2 heterocycles. The van der Waals surface area contributed by atoms with E-state index in [1.54, 1.807) is 0 Å². The summed E-state index contributed by atoms with van der Waals surface area (Å²) >= 11 is 4.01. The lowest BCUT2D eigenvalue weighted by Gasteiger charge is -2.27. The van der Waals surface area contributed by atoms with Gasteiger partial charge in [-0.25, -0.2) is 0 Å². The molecule has 0 amide bonds. The summed E-state index contributed by atoms with van der Waals surface area (Å²) in [6.07, 6.45) is 1.85. The molecule has 3 nitrogen and oxygen atoms in total. The van der Waals surface area contributed by atoms with Gasteiger partial charge in [0.05, 0.1) is 11.7 Å². The zero-order valence-electron chi connectivity index (χ0n) is 8.93. The van der Waals surface area contributed by atoms with Crippen LogP contribution in [0.4, 0.5) is 0 Å². The molecule has 1 fully saturated rings. The molecule has 0 aliphatic carbocycles. The summed E-state index contributed by atoms with van der Waals surface area (Å²) in [5, 5.41) is 4.82. The zero-order valence-corrected chi connectivity index (χ0v) is 10.6. The lowest BCUT2D eigenvalue weighted by atomic mass is 10.1. The van der Waals surface area contributed by atoms with Crippen LogP contribution >= 0.6 is 23.5 Å². The van der Waals surface area contributed by atoms with Crippen molar-refractivity contribution in [1.29, 1.82) is 0 Å².